The van der Waals surface area contributed by atoms with E-state index in [1.807, 2.05) is 0 Å². The first kappa shape index (κ1) is 10.5. The number of rotatable bonds is 1. The highest BCUT2D eigenvalue weighted by Crippen LogP contribution is 1.17. The molecule has 0 saturated heterocycles. The lowest BCUT2D eigenvalue weighted by Gasteiger charge is -1.91. The van der Waals surface area contributed by atoms with Crippen molar-refractivity contribution in [3.63, 3.8) is 0 Å². The molecule has 0 amide bonds. The van der Waals surface area contributed by atoms with Gasteiger partial charge in [0.1, 0.15) is 0 Å². The second-order valence-corrected chi connectivity index (χ2v) is 1.13. The van der Waals surface area contributed by atoms with Crippen molar-refractivity contribution in [2.24, 2.45) is 22.9 Å². The molecule has 0 aromatic heterocycles. The van der Waals surface area contributed by atoms with Crippen LogP contribution in [0.4, 0.5) is 0 Å². The van der Waals surface area contributed by atoms with E-state index in [0.717, 1.165) is 0 Å². The molecule has 0 aromatic rings. The number of nitrogens with one attached hydrogen (secondary N) is 1. The van der Waals surface area contributed by atoms with Crippen LogP contribution in [0.2, 0.25) is 0 Å². The molecule has 0 fully saturated rings. The lowest BCUT2D eigenvalue weighted by Crippen LogP contribution is -3.00. The van der Waals surface area contributed by atoms with Gasteiger partial charge in [0.2, 0.25) is 0 Å². The summed E-state index contributed by atoms with van der Waals surface area (Å²) in [5.74, 6) is 0.0370. The van der Waals surface area contributed by atoms with Crippen LogP contribution in [-0.2, 0) is 0 Å². The Kier molecular flexibility index (Phi) is 6.06. The summed E-state index contributed by atoms with van der Waals surface area (Å²) >= 11 is 0. The molecule has 0 atom stereocenters. The lowest BCUT2D eigenvalue weighted by atomic mass is 10.9. The SMILES string of the molecule is NC(N)=[NH+]C(N)N.[Cl-]. The van der Waals surface area contributed by atoms with Gasteiger partial charge in [0.25, 0.3) is 0 Å². The second kappa shape index (κ2) is 4.63. The zero-order valence-corrected chi connectivity index (χ0v) is 5.02. The van der Waals surface area contributed by atoms with Crippen molar-refractivity contribution in [3.8, 4) is 0 Å². The Labute approximate surface area is 53.5 Å². The van der Waals surface area contributed by atoms with E-state index in [2.05, 4.69) is 4.99 Å². The van der Waals surface area contributed by atoms with Crippen molar-refractivity contribution in [1.82, 2.24) is 0 Å². The number of guanidine groups is 1. The Bertz CT molecular complexity index is 74.5. The van der Waals surface area contributed by atoms with Gasteiger partial charge in [0.15, 0.2) is 6.29 Å². The average molecular weight is 140 g/mol. The first-order chi connectivity index (χ1) is 3.13. The van der Waals surface area contributed by atoms with Gasteiger partial charge >= 0.3 is 5.96 Å². The number of hydrogen-bond acceptors (Lipinski definition) is 2. The first-order valence-electron chi connectivity index (χ1n) is 1.78. The molecule has 0 unspecified atom stereocenters. The minimum Gasteiger partial charge on any atom is -1.00 e. The van der Waals surface area contributed by atoms with Crippen LogP contribution in [0.3, 0.4) is 0 Å². The standard InChI is InChI=1S/C2H9N5.ClH/c3-1(4)7-2(5)6;/h1H,3-4H2,(H4,5,6,7);1H. The molecule has 0 heterocycles. The fourth-order valence-corrected chi connectivity index (χ4v) is 0.192. The normalized spacial score (nSPS) is 7.88. The monoisotopic (exact) mass is 139 g/mol. The van der Waals surface area contributed by atoms with Crippen molar-refractivity contribution < 1.29 is 17.4 Å². The summed E-state index contributed by atoms with van der Waals surface area (Å²) in [6.45, 7) is 0. The van der Waals surface area contributed by atoms with Gasteiger partial charge in [0, 0.05) is 0 Å². The fraction of sp³-hybridized carbons (Fsp3) is 0.500. The Morgan fingerprint density at radius 3 is 1.62 bits per heavy atom. The number of halogens is 1. The third-order valence-corrected chi connectivity index (χ3v) is 0.333. The van der Waals surface area contributed by atoms with E-state index < -0.39 is 6.29 Å². The molecule has 0 aliphatic heterocycles. The molecule has 0 aliphatic carbocycles. The Morgan fingerprint density at radius 2 is 1.62 bits per heavy atom. The van der Waals surface area contributed by atoms with Crippen molar-refractivity contribution in [2.45, 2.75) is 6.29 Å². The predicted molar refractivity (Wildman–Crippen MR) is 26.5 cm³/mol. The average Bonchev–Trinajstić information content (AvgIpc) is 1.27. The van der Waals surface area contributed by atoms with Crippen molar-refractivity contribution in [2.75, 3.05) is 0 Å². The molecule has 0 rings (SSSR count). The van der Waals surface area contributed by atoms with Crippen LogP contribution in [0.25, 0.3) is 0 Å². The summed E-state index contributed by atoms with van der Waals surface area (Å²) in [7, 11) is 0. The summed E-state index contributed by atoms with van der Waals surface area (Å²) in [6.07, 6.45) is -0.662. The van der Waals surface area contributed by atoms with E-state index in [1.54, 1.807) is 0 Å². The quantitative estimate of drug-likeness (QED) is 0.141. The molecule has 50 valence electrons. The summed E-state index contributed by atoms with van der Waals surface area (Å²) in [6, 6.07) is 0. The summed E-state index contributed by atoms with van der Waals surface area (Å²) in [4.78, 5) is 2.33. The molecule has 0 spiro atoms. The van der Waals surface area contributed by atoms with E-state index >= 15 is 0 Å². The molecule has 0 saturated carbocycles. The summed E-state index contributed by atoms with van der Waals surface area (Å²) in [5, 5.41) is 0. The van der Waals surface area contributed by atoms with Gasteiger partial charge in [-0.15, -0.1) is 0 Å². The van der Waals surface area contributed by atoms with Gasteiger partial charge in [-0.1, -0.05) is 0 Å². The summed E-state index contributed by atoms with van der Waals surface area (Å²) < 4.78 is 0. The van der Waals surface area contributed by atoms with E-state index in [4.69, 9.17) is 22.9 Å². The van der Waals surface area contributed by atoms with Gasteiger partial charge in [-0.25, -0.2) is 4.99 Å². The molecule has 0 radical (unpaired) electrons. The van der Waals surface area contributed by atoms with Gasteiger partial charge in [-0.3, -0.25) is 22.9 Å². The van der Waals surface area contributed by atoms with Crippen molar-refractivity contribution in [1.29, 1.82) is 0 Å². The van der Waals surface area contributed by atoms with Crippen molar-refractivity contribution >= 4 is 5.96 Å². The molecule has 5 nitrogen and oxygen atoms in total. The maximum absolute atomic E-state index is 4.98. The van der Waals surface area contributed by atoms with E-state index in [9.17, 15) is 0 Å². The zero-order valence-electron chi connectivity index (χ0n) is 4.26. The third kappa shape index (κ3) is 9.08. The highest BCUT2D eigenvalue weighted by Gasteiger charge is 1.88. The maximum atomic E-state index is 4.98. The zero-order chi connectivity index (χ0) is 5.86. The molecule has 0 aliphatic rings. The Balaban J connectivity index is 0. The topological polar surface area (TPSA) is 118 Å². The minimum atomic E-state index is -0.662. The Morgan fingerprint density at radius 1 is 1.25 bits per heavy atom. The molecular formula is C2H10ClN5. The van der Waals surface area contributed by atoms with Crippen LogP contribution in [0, 0.1) is 0 Å². The first-order valence-corrected chi connectivity index (χ1v) is 1.78. The third-order valence-electron chi connectivity index (χ3n) is 0.333. The summed E-state index contributed by atoms with van der Waals surface area (Å²) in [5.41, 5.74) is 19.8. The Hall–Kier alpha value is -0.520. The highest BCUT2D eigenvalue weighted by molar-refractivity contribution is 5.69. The van der Waals surface area contributed by atoms with Gasteiger partial charge in [-0.05, 0) is 0 Å². The van der Waals surface area contributed by atoms with E-state index in [-0.39, 0.29) is 18.4 Å². The van der Waals surface area contributed by atoms with Gasteiger partial charge < -0.3 is 12.4 Å². The molecule has 8 heavy (non-hydrogen) atoms. The molecule has 9 N–H and O–H groups in total. The molecule has 0 bridgehead atoms. The van der Waals surface area contributed by atoms with Gasteiger partial charge in [-0.2, -0.15) is 0 Å². The molecule has 6 heteroatoms. The van der Waals surface area contributed by atoms with E-state index in [0.29, 0.717) is 0 Å². The van der Waals surface area contributed by atoms with Gasteiger partial charge in [0.05, 0.1) is 0 Å². The maximum Gasteiger partial charge on any atom is 0.341 e. The smallest absolute Gasteiger partial charge is 0.341 e. The molecular weight excluding hydrogens is 130 g/mol. The van der Waals surface area contributed by atoms with Crippen LogP contribution in [0.15, 0.2) is 0 Å². The lowest BCUT2D eigenvalue weighted by molar-refractivity contribution is -0.502. The fourth-order valence-electron chi connectivity index (χ4n) is 0.192. The van der Waals surface area contributed by atoms with E-state index in [1.165, 1.54) is 0 Å². The second-order valence-electron chi connectivity index (χ2n) is 1.13. The van der Waals surface area contributed by atoms with Crippen LogP contribution in [0.1, 0.15) is 0 Å². The largest absolute Gasteiger partial charge is 1.00 e. The minimum absolute atomic E-state index is 0. The van der Waals surface area contributed by atoms with Crippen LogP contribution in [0.5, 0.6) is 0 Å². The highest BCUT2D eigenvalue weighted by atomic mass is 35.5. The van der Waals surface area contributed by atoms with Crippen LogP contribution in [-0.4, -0.2) is 12.2 Å². The van der Waals surface area contributed by atoms with Crippen molar-refractivity contribution in [3.05, 3.63) is 0 Å². The predicted octanol–water partition coefficient (Wildman–Crippen LogP) is -7.45. The van der Waals surface area contributed by atoms with Crippen LogP contribution >= 0.6 is 0 Å². The molecule has 0 aromatic carbocycles. The number of nitrogens with two attached hydrogens (primary N) is 4. The van der Waals surface area contributed by atoms with Crippen LogP contribution < -0.4 is 40.3 Å². The number of hydrogen-bond donors (Lipinski definition) is 5.